The third-order valence-corrected chi connectivity index (χ3v) is 1.11. The fraction of sp³-hybridized carbons (Fsp3) is 0. The van der Waals surface area contributed by atoms with E-state index < -0.39 is 0 Å². The summed E-state index contributed by atoms with van der Waals surface area (Å²) in [7, 11) is 9.63. The van der Waals surface area contributed by atoms with E-state index in [0.717, 1.165) is 0 Å². The molecule has 0 aliphatic rings. The van der Waals surface area contributed by atoms with Crippen molar-refractivity contribution in [3.05, 3.63) is 60.7 Å². The van der Waals surface area contributed by atoms with E-state index in [9.17, 15) is 0 Å². The van der Waals surface area contributed by atoms with Crippen LogP contribution in [0.3, 0.4) is 0 Å². The third-order valence-electron chi connectivity index (χ3n) is 1.11. The summed E-state index contributed by atoms with van der Waals surface area (Å²) < 4.78 is 0. The van der Waals surface area contributed by atoms with Gasteiger partial charge in [-0.2, -0.15) is 18.2 Å². The Balaban J connectivity index is 0. The minimum absolute atomic E-state index is 0. The molecule has 14 heavy (non-hydrogen) atoms. The first-order valence-corrected chi connectivity index (χ1v) is 7.58. The topological polar surface area (TPSA) is 0 Å². The van der Waals surface area contributed by atoms with Crippen molar-refractivity contribution in [2.24, 2.45) is 0 Å². The summed E-state index contributed by atoms with van der Waals surface area (Å²) in [5, 5.41) is 0. The Morgan fingerprint density at radius 1 is 0.786 bits per heavy atom. The molecule has 4 heteroatoms. The number of hydrogen-bond donors (Lipinski definition) is 0. The molecule has 0 bridgehead atoms. The number of hydrogen-bond acceptors (Lipinski definition) is 0. The molecule has 0 N–H and O–H groups in total. The first-order valence-electron chi connectivity index (χ1n) is 3.57. The van der Waals surface area contributed by atoms with Gasteiger partial charge in [0.15, 0.2) is 0 Å². The Bertz CT molecular complexity index is 170. The van der Waals surface area contributed by atoms with Gasteiger partial charge in [0, 0.05) is 17.1 Å². The standard InChI is InChI=1S/2C5H5.2ClH.Fe.Pd/c2*1-2-4-5-3-1;;;;/h2*1-5H;2*1H;;/q-5;-1;;;;+2/p-2. The molecule has 0 heterocycles. The minimum atomic E-state index is -0.106. The van der Waals surface area contributed by atoms with Gasteiger partial charge in [0.05, 0.1) is 0 Å². The fourth-order valence-electron chi connectivity index (χ4n) is 0.642. The summed E-state index contributed by atoms with van der Waals surface area (Å²) in [6.45, 7) is 0. The van der Waals surface area contributed by atoms with Crippen LogP contribution in [0.4, 0.5) is 0 Å². The van der Waals surface area contributed by atoms with Gasteiger partial charge in [-0.25, -0.2) is 12.1 Å². The fourth-order valence-corrected chi connectivity index (χ4v) is 0.642. The van der Waals surface area contributed by atoms with Gasteiger partial charge in [0.2, 0.25) is 0 Å². The second-order valence-corrected chi connectivity index (χ2v) is 4.33. The quantitative estimate of drug-likeness (QED) is 0.487. The van der Waals surface area contributed by atoms with Crippen molar-refractivity contribution in [1.29, 1.82) is 0 Å². The molecule has 0 saturated heterocycles. The first kappa shape index (κ1) is 16.9. The van der Waals surface area contributed by atoms with E-state index in [1.165, 1.54) is 0 Å². The van der Waals surface area contributed by atoms with Crippen molar-refractivity contribution in [2.45, 2.75) is 0 Å². The maximum atomic E-state index is 4.81. The Labute approximate surface area is 112 Å². The van der Waals surface area contributed by atoms with Gasteiger partial charge in [-0.3, -0.25) is 0 Å². The van der Waals surface area contributed by atoms with Crippen molar-refractivity contribution in [1.82, 2.24) is 0 Å². The summed E-state index contributed by atoms with van der Waals surface area (Å²) in [4.78, 5) is 0. The SMILES string of the molecule is [Cl][Pd][Cl].[Fe].[cH-]1[cH-][cH-][cH-][cH-]1.c1cc[cH-]c1. The summed E-state index contributed by atoms with van der Waals surface area (Å²) >= 11 is -0.106. The molecule has 0 radical (unpaired) electrons. The molecule has 0 unspecified atom stereocenters. The van der Waals surface area contributed by atoms with E-state index in [1.807, 2.05) is 60.7 Å². The molecule has 0 spiro atoms. The minimum Gasteiger partial charge on any atom is -0.748 e. The zero-order valence-corrected chi connectivity index (χ0v) is 11.4. The molecule has 0 amide bonds. The average molecular weight is 363 g/mol. The second kappa shape index (κ2) is 15.9. The van der Waals surface area contributed by atoms with E-state index in [0.29, 0.717) is 0 Å². The zero-order chi connectivity index (χ0) is 9.78. The first-order chi connectivity index (χ1) is 6.41. The Morgan fingerprint density at radius 2 is 1.07 bits per heavy atom. The molecular formula is C10H10Cl2FePd-6. The van der Waals surface area contributed by atoms with Crippen molar-refractivity contribution >= 4 is 19.1 Å². The predicted molar refractivity (Wildman–Crippen MR) is 55.8 cm³/mol. The third kappa shape index (κ3) is 15.0. The van der Waals surface area contributed by atoms with Gasteiger partial charge in [0.1, 0.15) is 0 Å². The Morgan fingerprint density at radius 3 is 1.21 bits per heavy atom. The summed E-state index contributed by atoms with van der Waals surface area (Å²) in [6.07, 6.45) is 0. The van der Waals surface area contributed by atoms with Crippen molar-refractivity contribution in [3.8, 4) is 0 Å². The van der Waals surface area contributed by atoms with Crippen LogP contribution >= 0.6 is 19.1 Å². The predicted octanol–water partition coefficient (Wildman–Crippen LogP) is 4.19. The molecule has 0 nitrogen and oxygen atoms in total. The second-order valence-electron chi connectivity index (χ2n) is 1.97. The molecule has 0 atom stereocenters. The maximum absolute atomic E-state index is 4.81. The summed E-state index contributed by atoms with van der Waals surface area (Å²) in [5.74, 6) is 0. The van der Waals surface area contributed by atoms with E-state index >= 15 is 0 Å². The molecule has 0 fully saturated rings. The van der Waals surface area contributed by atoms with Gasteiger partial charge in [0.25, 0.3) is 0 Å². The molecule has 0 saturated carbocycles. The van der Waals surface area contributed by atoms with Crippen LogP contribution in [0.15, 0.2) is 60.7 Å². The normalized spacial score (nSPS) is 7.29. The molecule has 0 aromatic heterocycles. The average Bonchev–Trinajstić information content (AvgIpc) is 2.85. The summed E-state index contributed by atoms with van der Waals surface area (Å²) in [5.41, 5.74) is 0. The van der Waals surface area contributed by atoms with Gasteiger partial charge in [-0.05, 0) is 0 Å². The molecule has 2 aromatic rings. The van der Waals surface area contributed by atoms with Crippen molar-refractivity contribution < 1.29 is 33.0 Å². The molecular weight excluding hydrogens is 353 g/mol. The molecule has 0 aliphatic carbocycles. The monoisotopic (exact) mass is 362 g/mol. The van der Waals surface area contributed by atoms with Gasteiger partial charge in [-0.15, -0.1) is 0 Å². The van der Waals surface area contributed by atoms with Crippen LogP contribution in [0.5, 0.6) is 0 Å². The van der Waals surface area contributed by atoms with Crippen molar-refractivity contribution in [2.75, 3.05) is 0 Å². The van der Waals surface area contributed by atoms with Crippen LogP contribution in [0.2, 0.25) is 0 Å². The van der Waals surface area contributed by atoms with E-state index in [4.69, 9.17) is 19.1 Å². The Kier molecular flexibility index (Phi) is 19.2. The largest absolute Gasteiger partial charge is 0.748 e. The number of halogens is 2. The van der Waals surface area contributed by atoms with Gasteiger partial charge in [-0.1, -0.05) is 0 Å². The van der Waals surface area contributed by atoms with Crippen LogP contribution in [-0.2, 0) is 33.0 Å². The van der Waals surface area contributed by atoms with Crippen LogP contribution in [-0.4, -0.2) is 0 Å². The van der Waals surface area contributed by atoms with E-state index in [1.54, 1.807) is 0 Å². The van der Waals surface area contributed by atoms with Crippen LogP contribution < -0.4 is 0 Å². The molecule has 88 valence electrons. The van der Waals surface area contributed by atoms with E-state index in [2.05, 4.69) is 0 Å². The van der Waals surface area contributed by atoms with Crippen LogP contribution in [0.1, 0.15) is 0 Å². The molecule has 0 aliphatic heterocycles. The van der Waals surface area contributed by atoms with Crippen LogP contribution in [0.25, 0.3) is 0 Å². The molecule has 2 aromatic carbocycles. The molecule has 2 rings (SSSR count). The smallest absolute Gasteiger partial charge is 0 e. The Hall–Kier alpha value is 0.462. The van der Waals surface area contributed by atoms with Crippen LogP contribution in [0, 0.1) is 0 Å². The van der Waals surface area contributed by atoms with Gasteiger partial charge < -0.3 is 30.3 Å². The zero-order valence-electron chi connectivity index (χ0n) is 7.20. The van der Waals surface area contributed by atoms with Crippen molar-refractivity contribution in [3.63, 3.8) is 0 Å². The van der Waals surface area contributed by atoms with Gasteiger partial charge >= 0.3 is 35.0 Å². The summed E-state index contributed by atoms with van der Waals surface area (Å²) in [6, 6.07) is 20.0. The number of rotatable bonds is 0. The maximum Gasteiger partial charge on any atom is 0 e. The van der Waals surface area contributed by atoms with E-state index in [-0.39, 0.29) is 33.0 Å².